The molecule has 0 atom stereocenters. The number of carbonyl (C=O) groups excluding carboxylic acids is 1. The van der Waals surface area contributed by atoms with Gasteiger partial charge in [0.25, 0.3) is 0 Å². The number of furan rings is 1. The molecule has 0 aliphatic heterocycles. The highest BCUT2D eigenvalue weighted by atomic mass is 35.5. The van der Waals surface area contributed by atoms with Crippen molar-refractivity contribution in [2.45, 2.75) is 13.8 Å². The average Bonchev–Trinajstić information content (AvgIpc) is 3.26. The van der Waals surface area contributed by atoms with Crippen molar-refractivity contribution in [1.29, 1.82) is 0 Å². The van der Waals surface area contributed by atoms with Crippen molar-refractivity contribution in [3.8, 4) is 28.4 Å². The minimum Gasteiger partial charge on any atom is -0.497 e. The Kier molecular flexibility index (Phi) is 7.32. The number of fused-ring (bicyclic) bond motifs is 1. The van der Waals surface area contributed by atoms with Gasteiger partial charge in [0.1, 0.15) is 22.8 Å². The first-order valence-corrected chi connectivity index (χ1v) is 11.5. The van der Waals surface area contributed by atoms with Crippen LogP contribution in [0.4, 0.5) is 5.69 Å². The van der Waals surface area contributed by atoms with Gasteiger partial charge in [0, 0.05) is 34.3 Å². The van der Waals surface area contributed by atoms with Crippen LogP contribution in [0.3, 0.4) is 0 Å². The number of benzene rings is 3. The molecule has 7 heteroatoms. The molecule has 0 saturated carbocycles. The monoisotopic (exact) mass is 491 g/mol. The van der Waals surface area contributed by atoms with Crippen molar-refractivity contribution in [3.63, 3.8) is 0 Å². The van der Waals surface area contributed by atoms with Crippen LogP contribution in [0.2, 0.25) is 5.02 Å². The van der Waals surface area contributed by atoms with Gasteiger partial charge in [-0.15, -0.1) is 0 Å². The van der Waals surface area contributed by atoms with E-state index in [1.165, 1.54) is 13.2 Å². The van der Waals surface area contributed by atoms with Gasteiger partial charge in [-0.1, -0.05) is 23.7 Å². The molecule has 1 N–H and O–H groups in total. The molecule has 0 spiro atoms. The molecule has 0 saturated heterocycles. The molecule has 35 heavy (non-hydrogen) atoms. The maximum Gasteiger partial charge on any atom is 0.248 e. The predicted octanol–water partition coefficient (Wildman–Crippen LogP) is 7.21. The third kappa shape index (κ3) is 5.28. The van der Waals surface area contributed by atoms with Crippen molar-refractivity contribution < 1.29 is 23.4 Å². The average molecular weight is 492 g/mol. The minimum atomic E-state index is -0.286. The predicted molar refractivity (Wildman–Crippen MR) is 140 cm³/mol. The number of hydrogen-bond donors (Lipinski definition) is 1. The minimum absolute atomic E-state index is 0.286. The van der Waals surface area contributed by atoms with Crippen molar-refractivity contribution in [1.82, 2.24) is 0 Å². The smallest absolute Gasteiger partial charge is 0.248 e. The third-order valence-corrected chi connectivity index (χ3v) is 5.84. The second-order valence-electron chi connectivity index (χ2n) is 7.82. The number of carbonyl (C=O) groups is 1. The van der Waals surface area contributed by atoms with Gasteiger partial charge in [-0.25, -0.2) is 0 Å². The van der Waals surface area contributed by atoms with Crippen LogP contribution in [-0.2, 0) is 4.79 Å². The van der Waals surface area contributed by atoms with Crippen LogP contribution in [0, 0.1) is 0 Å². The third-order valence-electron chi connectivity index (χ3n) is 5.55. The van der Waals surface area contributed by atoms with E-state index in [2.05, 4.69) is 5.32 Å². The standard InChI is InChI=1S/C28H26ClNO5/c1-5-34-26-15-27-22(23(16-35-27)18-7-6-8-20(12-18)32-3)14-21(26)17(2)11-28(31)30-19-9-10-25(33-4)24(29)13-19/h6-16H,5H2,1-4H3,(H,30,31)/b17-11+. The number of allylic oxidation sites excluding steroid dienone is 1. The first-order chi connectivity index (χ1) is 16.9. The van der Waals surface area contributed by atoms with Crippen molar-refractivity contribution in [2.75, 3.05) is 26.1 Å². The Hall–Kier alpha value is -3.90. The molecule has 3 aromatic carbocycles. The highest BCUT2D eigenvalue weighted by molar-refractivity contribution is 6.32. The van der Waals surface area contributed by atoms with Gasteiger partial charge < -0.3 is 23.9 Å². The summed E-state index contributed by atoms with van der Waals surface area (Å²) in [5, 5.41) is 4.17. The lowest BCUT2D eigenvalue weighted by molar-refractivity contribution is -0.111. The lowest BCUT2D eigenvalue weighted by atomic mass is 9.99. The van der Waals surface area contributed by atoms with Crippen molar-refractivity contribution >= 4 is 39.7 Å². The summed E-state index contributed by atoms with van der Waals surface area (Å²) in [4.78, 5) is 12.8. The summed E-state index contributed by atoms with van der Waals surface area (Å²) in [5.41, 5.74) is 4.70. The number of hydrogen-bond acceptors (Lipinski definition) is 5. The van der Waals surface area contributed by atoms with Crippen LogP contribution in [0.1, 0.15) is 19.4 Å². The first kappa shape index (κ1) is 24.2. The van der Waals surface area contributed by atoms with Crippen LogP contribution in [0.25, 0.3) is 27.7 Å². The van der Waals surface area contributed by atoms with E-state index in [-0.39, 0.29) is 5.91 Å². The molecule has 1 amide bonds. The summed E-state index contributed by atoms with van der Waals surface area (Å²) < 4.78 is 22.3. The van der Waals surface area contributed by atoms with E-state index in [4.69, 9.17) is 30.2 Å². The molecule has 1 heterocycles. The highest BCUT2D eigenvalue weighted by Gasteiger charge is 2.16. The number of nitrogens with one attached hydrogen (secondary N) is 1. The molecule has 0 aliphatic carbocycles. The van der Waals surface area contributed by atoms with Crippen LogP contribution in [-0.4, -0.2) is 26.7 Å². The van der Waals surface area contributed by atoms with Crippen LogP contribution in [0.5, 0.6) is 17.2 Å². The Morgan fingerprint density at radius 1 is 1.06 bits per heavy atom. The van der Waals surface area contributed by atoms with Gasteiger partial charge in [0.15, 0.2) is 0 Å². The Bertz CT molecular complexity index is 1410. The summed E-state index contributed by atoms with van der Waals surface area (Å²) in [5.74, 6) is 1.65. The second kappa shape index (κ2) is 10.6. The summed E-state index contributed by atoms with van der Waals surface area (Å²) >= 11 is 6.17. The van der Waals surface area contributed by atoms with Gasteiger partial charge in [-0.3, -0.25) is 4.79 Å². The summed E-state index contributed by atoms with van der Waals surface area (Å²) in [6, 6.07) is 16.7. The van der Waals surface area contributed by atoms with Crippen LogP contribution >= 0.6 is 11.6 Å². The topological polar surface area (TPSA) is 69.9 Å². The number of halogens is 1. The number of amides is 1. The molecule has 0 fully saturated rings. The van der Waals surface area contributed by atoms with E-state index in [1.54, 1.807) is 31.6 Å². The van der Waals surface area contributed by atoms with E-state index in [0.29, 0.717) is 34.4 Å². The fourth-order valence-corrected chi connectivity index (χ4v) is 4.11. The maximum absolute atomic E-state index is 12.8. The van der Waals surface area contributed by atoms with Gasteiger partial charge in [-0.05, 0) is 61.4 Å². The Morgan fingerprint density at radius 2 is 1.89 bits per heavy atom. The van der Waals surface area contributed by atoms with E-state index in [9.17, 15) is 4.79 Å². The maximum atomic E-state index is 12.8. The van der Waals surface area contributed by atoms with E-state index < -0.39 is 0 Å². The Morgan fingerprint density at radius 3 is 2.60 bits per heavy atom. The fourth-order valence-electron chi connectivity index (χ4n) is 3.85. The lowest BCUT2D eigenvalue weighted by Gasteiger charge is -2.12. The highest BCUT2D eigenvalue weighted by Crippen LogP contribution is 2.38. The lowest BCUT2D eigenvalue weighted by Crippen LogP contribution is -2.09. The zero-order valence-electron chi connectivity index (χ0n) is 20.0. The first-order valence-electron chi connectivity index (χ1n) is 11.1. The molecule has 180 valence electrons. The fraction of sp³-hybridized carbons (Fsp3) is 0.179. The molecular weight excluding hydrogens is 466 g/mol. The number of ether oxygens (including phenoxy) is 3. The second-order valence-corrected chi connectivity index (χ2v) is 8.23. The van der Waals surface area contributed by atoms with Gasteiger partial charge in [0.05, 0.1) is 32.1 Å². The zero-order valence-corrected chi connectivity index (χ0v) is 20.7. The van der Waals surface area contributed by atoms with Crippen LogP contribution in [0.15, 0.2) is 71.4 Å². The molecule has 1 aromatic heterocycles. The van der Waals surface area contributed by atoms with Gasteiger partial charge in [-0.2, -0.15) is 0 Å². The molecule has 4 rings (SSSR count). The molecule has 0 aliphatic rings. The summed E-state index contributed by atoms with van der Waals surface area (Å²) in [6.45, 7) is 4.26. The molecule has 0 unspecified atom stereocenters. The summed E-state index contributed by atoms with van der Waals surface area (Å²) in [6.07, 6.45) is 3.26. The van der Waals surface area contributed by atoms with Gasteiger partial charge in [0.2, 0.25) is 5.91 Å². The van der Waals surface area contributed by atoms with Gasteiger partial charge >= 0.3 is 0 Å². The van der Waals surface area contributed by atoms with Crippen molar-refractivity contribution in [3.05, 3.63) is 77.5 Å². The molecule has 0 radical (unpaired) electrons. The quantitative estimate of drug-likeness (QED) is 0.264. The summed E-state index contributed by atoms with van der Waals surface area (Å²) in [7, 11) is 3.18. The van der Waals surface area contributed by atoms with E-state index in [0.717, 1.165) is 33.4 Å². The van der Waals surface area contributed by atoms with Crippen molar-refractivity contribution in [2.24, 2.45) is 0 Å². The number of anilines is 1. The SMILES string of the molecule is CCOc1cc2occ(-c3cccc(OC)c3)c2cc1/C(C)=C/C(=O)Nc1ccc(OC)c(Cl)c1. The largest absolute Gasteiger partial charge is 0.497 e. The number of methoxy groups -OCH3 is 2. The normalized spacial score (nSPS) is 11.4. The van der Waals surface area contributed by atoms with E-state index >= 15 is 0 Å². The Balaban J connectivity index is 1.70. The number of rotatable bonds is 8. The molecule has 0 bridgehead atoms. The molecule has 6 nitrogen and oxygen atoms in total. The molecule has 4 aromatic rings. The molecular formula is C28H26ClNO5. The zero-order chi connectivity index (χ0) is 24.9. The van der Waals surface area contributed by atoms with Crippen LogP contribution < -0.4 is 19.5 Å². The Labute approximate surface area is 209 Å². The van der Waals surface area contributed by atoms with E-state index in [1.807, 2.05) is 50.2 Å².